The Morgan fingerprint density at radius 2 is 1.88 bits per heavy atom. The van der Waals surface area contributed by atoms with Gasteiger partial charge in [-0.05, 0) is 31.5 Å². The van der Waals surface area contributed by atoms with Gasteiger partial charge < -0.3 is 10.1 Å². The van der Waals surface area contributed by atoms with Crippen molar-refractivity contribution >= 4 is 5.91 Å². The van der Waals surface area contributed by atoms with E-state index in [1.807, 2.05) is 20.9 Å². The normalized spacial score (nSPS) is 11.4. The SMILES string of the molecule is Cc1nn(C)c(C)c1CC(=O)NCc1ccc(OC(F)(F)F)cc1. The standard InChI is InChI=1S/C16H18F3N3O2/c1-10-14(11(2)22(3)21-10)8-15(23)20-9-12-4-6-13(7-5-12)24-16(17,18)19/h4-7H,8-9H2,1-3H3,(H,20,23). The lowest BCUT2D eigenvalue weighted by Crippen LogP contribution is -2.25. The van der Waals surface area contributed by atoms with E-state index in [1.54, 1.807) is 4.68 Å². The van der Waals surface area contributed by atoms with Crippen molar-refractivity contribution in [2.45, 2.75) is 33.2 Å². The smallest absolute Gasteiger partial charge is 0.406 e. The molecule has 0 unspecified atom stereocenters. The molecule has 24 heavy (non-hydrogen) atoms. The van der Waals surface area contributed by atoms with Crippen LogP contribution in [0.25, 0.3) is 0 Å². The van der Waals surface area contributed by atoms with Gasteiger partial charge in [0, 0.05) is 24.8 Å². The largest absolute Gasteiger partial charge is 0.573 e. The van der Waals surface area contributed by atoms with Crippen LogP contribution in [0.2, 0.25) is 0 Å². The lowest BCUT2D eigenvalue weighted by Gasteiger charge is -2.10. The van der Waals surface area contributed by atoms with Gasteiger partial charge in [-0.25, -0.2) is 0 Å². The molecular weight excluding hydrogens is 323 g/mol. The Morgan fingerprint density at radius 1 is 1.25 bits per heavy atom. The second-order valence-electron chi connectivity index (χ2n) is 5.42. The summed E-state index contributed by atoms with van der Waals surface area (Å²) >= 11 is 0. The number of benzene rings is 1. The van der Waals surface area contributed by atoms with E-state index >= 15 is 0 Å². The van der Waals surface area contributed by atoms with E-state index < -0.39 is 6.36 Å². The van der Waals surface area contributed by atoms with Crippen LogP contribution in [-0.2, 0) is 24.8 Å². The van der Waals surface area contributed by atoms with Crippen LogP contribution in [0.5, 0.6) is 5.75 Å². The summed E-state index contributed by atoms with van der Waals surface area (Å²) in [5, 5.41) is 6.99. The molecule has 1 aromatic carbocycles. The molecule has 2 rings (SSSR count). The van der Waals surface area contributed by atoms with Crippen LogP contribution >= 0.6 is 0 Å². The summed E-state index contributed by atoms with van der Waals surface area (Å²) in [5.41, 5.74) is 3.29. The number of carbonyl (C=O) groups excluding carboxylic acids is 1. The summed E-state index contributed by atoms with van der Waals surface area (Å²) in [4.78, 5) is 12.0. The van der Waals surface area contributed by atoms with Crippen molar-refractivity contribution in [1.82, 2.24) is 15.1 Å². The van der Waals surface area contributed by atoms with Gasteiger partial charge in [0.2, 0.25) is 5.91 Å². The molecule has 0 fully saturated rings. The molecule has 5 nitrogen and oxygen atoms in total. The van der Waals surface area contributed by atoms with E-state index in [1.165, 1.54) is 24.3 Å². The van der Waals surface area contributed by atoms with Crippen molar-refractivity contribution in [2.24, 2.45) is 7.05 Å². The highest BCUT2D eigenvalue weighted by atomic mass is 19.4. The summed E-state index contributed by atoms with van der Waals surface area (Å²) in [7, 11) is 1.81. The van der Waals surface area contributed by atoms with Crippen molar-refractivity contribution in [3.63, 3.8) is 0 Å². The van der Waals surface area contributed by atoms with Crippen LogP contribution in [0, 0.1) is 13.8 Å². The average Bonchev–Trinajstić information content (AvgIpc) is 2.71. The fraction of sp³-hybridized carbons (Fsp3) is 0.375. The van der Waals surface area contributed by atoms with Crippen molar-refractivity contribution in [2.75, 3.05) is 0 Å². The van der Waals surface area contributed by atoms with Gasteiger partial charge in [-0.1, -0.05) is 12.1 Å². The van der Waals surface area contributed by atoms with E-state index in [0.29, 0.717) is 5.56 Å². The maximum Gasteiger partial charge on any atom is 0.573 e. The third-order valence-electron chi connectivity index (χ3n) is 3.64. The van der Waals surface area contributed by atoms with Crippen molar-refractivity contribution in [3.05, 3.63) is 46.8 Å². The number of hydrogen-bond donors (Lipinski definition) is 1. The molecule has 130 valence electrons. The second-order valence-corrected chi connectivity index (χ2v) is 5.42. The minimum absolute atomic E-state index is 0.176. The topological polar surface area (TPSA) is 56.2 Å². The van der Waals surface area contributed by atoms with E-state index in [0.717, 1.165) is 17.0 Å². The fourth-order valence-electron chi connectivity index (χ4n) is 2.31. The van der Waals surface area contributed by atoms with Crippen LogP contribution in [0.1, 0.15) is 22.5 Å². The molecule has 0 spiro atoms. The molecule has 1 N–H and O–H groups in total. The number of ether oxygens (including phenoxy) is 1. The number of nitrogens with zero attached hydrogens (tertiary/aromatic N) is 2. The molecule has 0 aliphatic heterocycles. The van der Waals surface area contributed by atoms with Crippen LogP contribution in [0.3, 0.4) is 0 Å². The number of hydrogen-bond acceptors (Lipinski definition) is 3. The summed E-state index contributed by atoms with van der Waals surface area (Å²) in [6, 6.07) is 5.37. The van der Waals surface area contributed by atoms with Crippen molar-refractivity contribution < 1.29 is 22.7 Å². The first-order chi connectivity index (χ1) is 11.2. The van der Waals surface area contributed by atoms with Crippen molar-refractivity contribution in [3.8, 4) is 5.75 Å². The molecule has 1 heterocycles. The molecule has 0 aliphatic carbocycles. The van der Waals surface area contributed by atoms with Gasteiger partial charge in [0.1, 0.15) is 5.75 Å². The number of rotatable bonds is 5. The number of nitrogens with one attached hydrogen (secondary N) is 1. The van der Waals surface area contributed by atoms with Gasteiger partial charge in [-0.2, -0.15) is 5.10 Å². The molecule has 0 saturated carbocycles. The van der Waals surface area contributed by atoms with Crippen LogP contribution in [0.15, 0.2) is 24.3 Å². The van der Waals surface area contributed by atoms with Crippen LogP contribution < -0.4 is 10.1 Å². The van der Waals surface area contributed by atoms with Gasteiger partial charge in [-0.3, -0.25) is 9.48 Å². The highest BCUT2D eigenvalue weighted by Crippen LogP contribution is 2.22. The molecule has 0 radical (unpaired) electrons. The first kappa shape index (κ1) is 17.8. The molecule has 0 aliphatic rings. The van der Waals surface area contributed by atoms with Crippen molar-refractivity contribution in [1.29, 1.82) is 0 Å². The number of alkyl halides is 3. The Kier molecular flexibility index (Phi) is 5.16. The Labute approximate surface area is 137 Å². The lowest BCUT2D eigenvalue weighted by atomic mass is 10.1. The molecule has 0 bridgehead atoms. The highest BCUT2D eigenvalue weighted by Gasteiger charge is 2.30. The summed E-state index contributed by atoms with van der Waals surface area (Å²) in [6.07, 6.45) is -4.50. The first-order valence-corrected chi connectivity index (χ1v) is 7.26. The average molecular weight is 341 g/mol. The summed E-state index contributed by atoms with van der Waals surface area (Å²) < 4.78 is 41.8. The zero-order valence-electron chi connectivity index (χ0n) is 13.6. The summed E-state index contributed by atoms with van der Waals surface area (Å²) in [6.45, 7) is 3.96. The second kappa shape index (κ2) is 6.94. The Bertz CT molecular complexity index is 721. The predicted molar refractivity (Wildman–Crippen MR) is 81.4 cm³/mol. The third kappa shape index (κ3) is 4.74. The molecular formula is C16H18F3N3O2. The minimum Gasteiger partial charge on any atom is -0.406 e. The quantitative estimate of drug-likeness (QED) is 0.910. The van der Waals surface area contributed by atoms with Gasteiger partial charge in [-0.15, -0.1) is 13.2 Å². The van der Waals surface area contributed by atoms with Crippen LogP contribution in [-0.4, -0.2) is 22.1 Å². The monoisotopic (exact) mass is 341 g/mol. The van der Waals surface area contributed by atoms with E-state index in [2.05, 4.69) is 15.2 Å². The number of aryl methyl sites for hydroxylation is 2. The number of aromatic nitrogens is 2. The highest BCUT2D eigenvalue weighted by molar-refractivity contribution is 5.79. The van der Waals surface area contributed by atoms with E-state index in [-0.39, 0.29) is 24.6 Å². The fourth-order valence-corrected chi connectivity index (χ4v) is 2.31. The summed E-state index contributed by atoms with van der Waals surface area (Å²) in [5.74, 6) is -0.469. The van der Waals surface area contributed by atoms with Gasteiger partial charge in [0.25, 0.3) is 0 Å². The Hall–Kier alpha value is -2.51. The van der Waals surface area contributed by atoms with Crippen LogP contribution in [0.4, 0.5) is 13.2 Å². The van der Waals surface area contributed by atoms with Gasteiger partial charge >= 0.3 is 6.36 Å². The maximum absolute atomic E-state index is 12.1. The number of carbonyl (C=O) groups is 1. The number of amides is 1. The number of halogens is 3. The minimum atomic E-state index is -4.71. The molecule has 1 aromatic heterocycles. The third-order valence-corrected chi connectivity index (χ3v) is 3.64. The zero-order chi connectivity index (χ0) is 17.9. The van der Waals surface area contributed by atoms with Gasteiger partial charge in [0.15, 0.2) is 0 Å². The predicted octanol–water partition coefficient (Wildman–Crippen LogP) is 2.79. The molecule has 8 heteroatoms. The zero-order valence-corrected chi connectivity index (χ0v) is 13.6. The Balaban J connectivity index is 1.90. The lowest BCUT2D eigenvalue weighted by molar-refractivity contribution is -0.274. The van der Waals surface area contributed by atoms with E-state index in [9.17, 15) is 18.0 Å². The molecule has 1 amide bonds. The molecule has 0 saturated heterocycles. The maximum atomic E-state index is 12.1. The first-order valence-electron chi connectivity index (χ1n) is 7.26. The van der Waals surface area contributed by atoms with Gasteiger partial charge in [0.05, 0.1) is 12.1 Å². The molecule has 2 aromatic rings. The van der Waals surface area contributed by atoms with E-state index in [4.69, 9.17) is 0 Å². The Morgan fingerprint density at radius 3 is 2.38 bits per heavy atom. The molecule has 0 atom stereocenters.